The van der Waals surface area contributed by atoms with Crippen molar-refractivity contribution in [3.05, 3.63) is 28.5 Å². The van der Waals surface area contributed by atoms with Gasteiger partial charge in [-0.3, -0.25) is 4.79 Å². The first kappa shape index (κ1) is 11.8. The third-order valence-corrected chi connectivity index (χ3v) is 2.56. The Morgan fingerprint density at radius 1 is 1.60 bits per heavy atom. The predicted octanol–water partition coefficient (Wildman–Crippen LogP) is 2.76. The summed E-state index contributed by atoms with van der Waals surface area (Å²) in [5.41, 5.74) is -0.160. The molecule has 1 aromatic carbocycles. The summed E-state index contributed by atoms with van der Waals surface area (Å²) in [5, 5.41) is 17.9. The van der Waals surface area contributed by atoms with Crippen LogP contribution >= 0.6 is 11.6 Å². The minimum atomic E-state index is -1.16. The lowest BCUT2D eigenvalue weighted by Gasteiger charge is -2.13. The largest absolute Gasteiger partial charge is 0.506 e. The van der Waals surface area contributed by atoms with E-state index < -0.39 is 17.7 Å². The second-order valence-corrected chi connectivity index (χ2v) is 3.47. The molecule has 0 saturated carbocycles. The van der Waals surface area contributed by atoms with E-state index in [1.54, 1.807) is 6.92 Å². The van der Waals surface area contributed by atoms with Gasteiger partial charge in [-0.2, -0.15) is 0 Å². The molecule has 0 radical (unpaired) electrons. The quantitative estimate of drug-likeness (QED) is 0.843. The Kier molecular flexibility index (Phi) is 3.52. The Morgan fingerprint density at radius 3 is 2.67 bits per heavy atom. The average molecular weight is 233 g/mol. The van der Waals surface area contributed by atoms with Gasteiger partial charge in [0.05, 0.1) is 10.9 Å². The van der Waals surface area contributed by atoms with Gasteiger partial charge in [-0.25, -0.2) is 4.39 Å². The van der Waals surface area contributed by atoms with Crippen molar-refractivity contribution in [2.45, 2.75) is 19.3 Å². The lowest BCUT2D eigenvalue weighted by atomic mass is 9.96. The second-order valence-electron chi connectivity index (χ2n) is 3.09. The number of rotatable bonds is 3. The molecule has 15 heavy (non-hydrogen) atoms. The zero-order valence-electron chi connectivity index (χ0n) is 8.00. The van der Waals surface area contributed by atoms with Crippen molar-refractivity contribution in [3.63, 3.8) is 0 Å². The molecular weight excluding hydrogens is 223 g/mol. The summed E-state index contributed by atoms with van der Waals surface area (Å²) < 4.78 is 13.4. The summed E-state index contributed by atoms with van der Waals surface area (Å²) >= 11 is 5.66. The summed E-state index contributed by atoms with van der Waals surface area (Å²) in [4.78, 5) is 10.8. The van der Waals surface area contributed by atoms with Crippen LogP contribution in [0.1, 0.15) is 24.8 Å². The van der Waals surface area contributed by atoms with Crippen LogP contribution in [0.4, 0.5) is 4.39 Å². The van der Waals surface area contributed by atoms with E-state index in [-0.39, 0.29) is 22.8 Å². The van der Waals surface area contributed by atoms with Crippen molar-refractivity contribution in [2.24, 2.45) is 0 Å². The molecule has 0 amide bonds. The maximum atomic E-state index is 13.4. The summed E-state index contributed by atoms with van der Waals surface area (Å²) in [6, 6.07) is 2.10. The number of hydrogen-bond acceptors (Lipinski definition) is 2. The van der Waals surface area contributed by atoms with E-state index in [0.29, 0.717) is 0 Å². The number of aliphatic carboxylic acids is 1. The molecule has 1 atom stereocenters. The minimum absolute atomic E-state index is 0.160. The maximum absolute atomic E-state index is 13.4. The number of phenols is 1. The van der Waals surface area contributed by atoms with Gasteiger partial charge < -0.3 is 10.2 Å². The highest BCUT2D eigenvalue weighted by molar-refractivity contribution is 6.33. The van der Waals surface area contributed by atoms with Crippen LogP contribution in [0.25, 0.3) is 0 Å². The molecule has 0 aliphatic rings. The zero-order valence-corrected chi connectivity index (χ0v) is 8.75. The number of carbonyl (C=O) groups is 1. The summed E-state index contributed by atoms with van der Waals surface area (Å²) in [6.45, 7) is 1.61. The average Bonchev–Trinajstić information content (AvgIpc) is 2.18. The standard InChI is InChI=1S/C10H10ClFO3/c1-2-5(10(14)15)8-6(12)3-4-7(13)9(8)11/h3-5,13H,2H2,1H3,(H,14,15). The van der Waals surface area contributed by atoms with Gasteiger partial charge in [0.1, 0.15) is 11.6 Å². The molecule has 0 heterocycles. The Bertz CT molecular complexity index is 392. The van der Waals surface area contributed by atoms with E-state index in [0.717, 1.165) is 12.1 Å². The van der Waals surface area contributed by atoms with Crippen molar-refractivity contribution < 1.29 is 19.4 Å². The monoisotopic (exact) mass is 232 g/mol. The van der Waals surface area contributed by atoms with E-state index in [1.807, 2.05) is 0 Å². The number of phenolic OH excluding ortho intramolecular Hbond substituents is 1. The molecule has 0 aromatic heterocycles. The van der Waals surface area contributed by atoms with Crippen LogP contribution in [0, 0.1) is 5.82 Å². The van der Waals surface area contributed by atoms with E-state index in [9.17, 15) is 14.3 Å². The number of aromatic hydroxyl groups is 1. The topological polar surface area (TPSA) is 57.5 Å². The van der Waals surface area contributed by atoms with Crippen LogP contribution in [0.2, 0.25) is 5.02 Å². The molecule has 0 aliphatic heterocycles. The fourth-order valence-corrected chi connectivity index (χ4v) is 1.66. The van der Waals surface area contributed by atoms with Crippen molar-refractivity contribution in [2.75, 3.05) is 0 Å². The molecule has 3 nitrogen and oxygen atoms in total. The van der Waals surface area contributed by atoms with Gasteiger partial charge in [-0.15, -0.1) is 0 Å². The van der Waals surface area contributed by atoms with Gasteiger partial charge in [-0.1, -0.05) is 18.5 Å². The van der Waals surface area contributed by atoms with Crippen LogP contribution in [-0.4, -0.2) is 16.2 Å². The Hall–Kier alpha value is -1.29. The molecular formula is C10H10ClFO3. The third-order valence-electron chi connectivity index (χ3n) is 2.16. The molecule has 1 aromatic rings. The Morgan fingerprint density at radius 2 is 2.20 bits per heavy atom. The van der Waals surface area contributed by atoms with E-state index in [1.165, 1.54) is 0 Å². The van der Waals surface area contributed by atoms with Gasteiger partial charge in [0.2, 0.25) is 0 Å². The molecule has 2 N–H and O–H groups in total. The molecule has 1 rings (SSSR count). The Balaban J connectivity index is 3.34. The molecule has 0 aliphatic carbocycles. The summed E-state index contributed by atoms with van der Waals surface area (Å²) in [7, 11) is 0. The number of carboxylic acids is 1. The first-order valence-electron chi connectivity index (χ1n) is 4.38. The summed E-state index contributed by atoms with van der Waals surface area (Å²) in [6.07, 6.45) is 0.204. The van der Waals surface area contributed by atoms with Gasteiger partial charge >= 0.3 is 5.97 Å². The molecule has 0 spiro atoms. The predicted molar refractivity (Wildman–Crippen MR) is 53.7 cm³/mol. The second kappa shape index (κ2) is 4.49. The van der Waals surface area contributed by atoms with Crippen molar-refractivity contribution in [3.8, 4) is 5.75 Å². The highest BCUT2D eigenvalue weighted by Gasteiger charge is 2.25. The summed E-state index contributed by atoms with van der Waals surface area (Å²) in [5.74, 6) is -3.23. The lowest BCUT2D eigenvalue weighted by molar-refractivity contribution is -0.138. The van der Waals surface area contributed by atoms with E-state index in [2.05, 4.69) is 0 Å². The molecule has 5 heteroatoms. The normalized spacial score (nSPS) is 12.5. The van der Waals surface area contributed by atoms with Crippen LogP contribution in [0.3, 0.4) is 0 Å². The molecule has 82 valence electrons. The maximum Gasteiger partial charge on any atom is 0.311 e. The smallest absolute Gasteiger partial charge is 0.311 e. The highest BCUT2D eigenvalue weighted by Crippen LogP contribution is 2.35. The fourth-order valence-electron chi connectivity index (χ4n) is 1.38. The van der Waals surface area contributed by atoms with E-state index >= 15 is 0 Å². The first-order valence-corrected chi connectivity index (χ1v) is 4.76. The number of carboxylic acid groups (broad SMARTS) is 1. The molecule has 0 fully saturated rings. The van der Waals surface area contributed by atoms with Gasteiger partial charge in [0.15, 0.2) is 0 Å². The minimum Gasteiger partial charge on any atom is -0.506 e. The highest BCUT2D eigenvalue weighted by atomic mass is 35.5. The van der Waals surface area contributed by atoms with Gasteiger partial charge in [0, 0.05) is 5.56 Å². The number of benzene rings is 1. The zero-order chi connectivity index (χ0) is 11.6. The Labute approximate surface area is 91.1 Å². The van der Waals surface area contributed by atoms with E-state index in [4.69, 9.17) is 16.7 Å². The van der Waals surface area contributed by atoms with Gasteiger partial charge in [0.25, 0.3) is 0 Å². The molecule has 0 bridgehead atoms. The van der Waals surface area contributed by atoms with Gasteiger partial charge in [-0.05, 0) is 18.6 Å². The fraction of sp³-hybridized carbons (Fsp3) is 0.300. The molecule has 0 saturated heterocycles. The van der Waals surface area contributed by atoms with Crippen LogP contribution in [0.5, 0.6) is 5.75 Å². The molecule has 1 unspecified atom stereocenters. The SMILES string of the molecule is CCC(C(=O)O)c1c(F)ccc(O)c1Cl. The van der Waals surface area contributed by atoms with Crippen molar-refractivity contribution in [1.82, 2.24) is 0 Å². The van der Waals surface area contributed by atoms with Crippen LogP contribution < -0.4 is 0 Å². The van der Waals surface area contributed by atoms with Crippen LogP contribution in [-0.2, 0) is 4.79 Å². The van der Waals surface area contributed by atoms with Crippen LogP contribution in [0.15, 0.2) is 12.1 Å². The number of hydrogen-bond donors (Lipinski definition) is 2. The lowest BCUT2D eigenvalue weighted by Crippen LogP contribution is -2.12. The van der Waals surface area contributed by atoms with Crippen molar-refractivity contribution >= 4 is 17.6 Å². The van der Waals surface area contributed by atoms with Crippen molar-refractivity contribution in [1.29, 1.82) is 0 Å². The first-order chi connectivity index (χ1) is 6.99. The number of halogens is 2. The third kappa shape index (κ3) is 2.21.